The smallest absolute Gasteiger partial charge is 0.132 e. The van der Waals surface area contributed by atoms with E-state index in [1.807, 2.05) is 20.0 Å². The van der Waals surface area contributed by atoms with Crippen LogP contribution in [0.4, 0.5) is 0 Å². The van der Waals surface area contributed by atoms with Gasteiger partial charge in [-0.2, -0.15) is 0 Å². The molecule has 3 nitrogen and oxygen atoms in total. The van der Waals surface area contributed by atoms with E-state index in [2.05, 4.69) is 58.4 Å². The van der Waals surface area contributed by atoms with Crippen LogP contribution >= 0.6 is 15.9 Å². The van der Waals surface area contributed by atoms with E-state index in [-0.39, 0.29) is 5.41 Å². The highest BCUT2D eigenvalue weighted by Crippen LogP contribution is 2.36. The van der Waals surface area contributed by atoms with E-state index in [1.54, 1.807) is 7.11 Å². The Morgan fingerprint density at radius 2 is 1.90 bits per heavy atom. The summed E-state index contributed by atoms with van der Waals surface area (Å²) in [6.07, 6.45) is 0. The molecule has 0 amide bonds. The third-order valence-electron chi connectivity index (χ3n) is 3.56. The predicted molar refractivity (Wildman–Crippen MR) is 86.3 cm³/mol. The van der Waals surface area contributed by atoms with Gasteiger partial charge >= 0.3 is 0 Å². The molecule has 0 unspecified atom stereocenters. The van der Waals surface area contributed by atoms with Gasteiger partial charge in [0, 0.05) is 18.2 Å². The zero-order valence-electron chi connectivity index (χ0n) is 12.9. The van der Waals surface area contributed by atoms with E-state index < -0.39 is 0 Å². The Kier molecular flexibility index (Phi) is 3.96. The highest BCUT2D eigenvalue weighted by molar-refractivity contribution is 9.10. The zero-order valence-corrected chi connectivity index (χ0v) is 14.5. The Morgan fingerprint density at radius 1 is 1.25 bits per heavy atom. The fourth-order valence-corrected chi connectivity index (χ4v) is 3.08. The van der Waals surface area contributed by atoms with Crippen LogP contribution in [0, 0.1) is 6.92 Å². The number of halogens is 1. The summed E-state index contributed by atoms with van der Waals surface area (Å²) in [5.41, 5.74) is 3.46. The third-order valence-corrected chi connectivity index (χ3v) is 4.11. The van der Waals surface area contributed by atoms with Crippen LogP contribution < -0.4 is 4.74 Å². The fourth-order valence-electron chi connectivity index (χ4n) is 2.32. The Morgan fingerprint density at radius 3 is 2.35 bits per heavy atom. The Hall–Kier alpha value is -1.29. The second-order valence-corrected chi connectivity index (χ2v) is 6.77. The Balaban J connectivity index is 2.65. The van der Waals surface area contributed by atoms with Crippen molar-refractivity contribution in [3.63, 3.8) is 0 Å². The number of ether oxygens (including phenoxy) is 1. The van der Waals surface area contributed by atoms with Crippen LogP contribution in [0.5, 0.6) is 5.75 Å². The molecule has 1 aromatic heterocycles. The molecule has 1 aromatic carbocycles. The van der Waals surface area contributed by atoms with E-state index in [1.165, 1.54) is 5.56 Å². The second-order valence-electron chi connectivity index (χ2n) is 6.02. The molecule has 108 valence electrons. The maximum atomic E-state index is 5.49. The maximum absolute atomic E-state index is 5.49. The van der Waals surface area contributed by atoms with Crippen molar-refractivity contribution in [2.75, 3.05) is 7.11 Å². The molecule has 0 saturated carbocycles. The van der Waals surface area contributed by atoms with Crippen molar-refractivity contribution in [2.24, 2.45) is 7.05 Å². The van der Waals surface area contributed by atoms with Crippen LogP contribution in [-0.4, -0.2) is 16.7 Å². The van der Waals surface area contributed by atoms with Crippen molar-refractivity contribution in [1.29, 1.82) is 0 Å². The summed E-state index contributed by atoms with van der Waals surface area (Å²) < 4.78 is 8.47. The van der Waals surface area contributed by atoms with Gasteiger partial charge in [0.25, 0.3) is 0 Å². The average molecular weight is 337 g/mol. The van der Waals surface area contributed by atoms with Crippen molar-refractivity contribution in [2.45, 2.75) is 33.1 Å². The summed E-state index contributed by atoms with van der Waals surface area (Å²) in [6.45, 7) is 8.58. The molecule has 0 fully saturated rings. The molecule has 20 heavy (non-hydrogen) atoms. The number of aromatic nitrogens is 2. The van der Waals surface area contributed by atoms with Gasteiger partial charge in [-0.05, 0) is 46.5 Å². The highest BCUT2D eigenvalue weighted by atomic mass is 79.9. The fraction of sp³-hybridized carbons (Fsp3) is 0.438. The van der Waals surface area contributed by atoms with Gasteiger partial charge in [-0.15, -0.1) is 0 Å². The topological polar surface area (TPSA) is 27.1 Å². The van der Waals surface area contributed by atoms with Crippen molar-refractivity contribution >= 4 is 15.9 Å². The molecule has 0 saturated heterocycles. The lowest BCUT2D eigenvalue weighted by atomic mass is 9.85. The first-order valence-electron chi connectivity index (χ1n) is 6.63. The monoisotopic (exact) mass is 336 g/mol. The minimum atomic E-state index is 0.0292. The lowest BCUT2D eigenvalue weighted by Crippen LogP contribution is -2.13. The average Bonchev–Trinajstić information content (AvgIpc) is 2.61. The van der Waals surface area contributed by atoms with Crippen molar-refractivity contribution in [3.05, 3.63) is 34.2 Å². The summed E-state index contributed by atoms with van der Waals surface area (Å²) in [6, 6.07) is 6.31. The number of hydrogen-bond donors (Lipinski definition) is 0. The first-order chi connectivity index (χ1) is 9.25. The van der Waals surface area contributed by atoms with E-state index in [0.29, 0.717) is 0 Å². The summed E-state index contributed by atoms with van der Waals surface area (Å²) in [5, 5.41) is 0. The predicted octanol–water partition coefficient (Wildman–Crippen LogP) is 4.46. The number of rotatable bonds is 2. The molecule has 0 aliphatic rings. The Labute approximate surface area is 129 Å². The zero-order chi connectivity index (χ0) is 15.1. The largest absolute Gasteiger partial charge is 0.496 e. The number of nitrogens with zero attached hydrogens (tertiary/aromatic N) is 2. The minimum absolute atomic E-state index is 0.0292. The van der Waals surface area contributed by atoms with Crippen molar-refractivity contribution in [1.82, 2.24) is 9.55 Å². The standard InChI is InChI=1S/C16H21BrN2O/c1-10-18-15(17)14(19(10)5)11-7-8-13(20-6)12(9-11)16(2,3)4/h7-9H,1-6H3. The molecule has 1 heterocycles. The molecule has 2 aromatic rings. The maximum Gasteiger partial charge on any atom is 0.132 e. The van der Waals surface area contributed by atoms with Gasteiger partial charge in [-0.3, -0.25) is 0 Å². The first-order valence-corrected chi connectivity index (χ1v) is 7.42. The van der Waals surface area contributed by atoms with Crippen LogP contribution in [0.15, 0.2) is 22.8 Å². The Bertz CT molecular complexity index is 639. The normalized spacial score (nSPS) is 11.8. The molecule has 0 bridgehead atoms. The van der Waals surface area contributed by atoms with Crippen LogP contribution in [-0.2, 0) is 12.5 Å². The molecule has 0 atom stereocenters. The summed E-state index contributed by atoms with van der Waals surface area (Å²) in [4.78, 5) is 4.47. The van der Waals surface area contributed by atoms with E-state index in [4.69, 9.17) is 4.74 Å². The van der Waals surface area contributed by atoms with Crippen LogP contribution in [0.1, 0.15) is 32.2 Å². The lowest BCUT2D eigenvalue weighted by molar-refractivity contribution is 0.397. The number of methoxy groups -OCH3 is 1. The number of hydrogen-bond acceptors (Lipinski definition) is 2. The molecular weight excluding hydrogens is 316 g/mol. The van der Waals surface area contributed by atoms with Gasteiger partial charge in [0.1, 0.15) is 16.2 Å². The minimum Gasteiger partial charge on any atom is -0.496 e. The van der Waals surface area contributed by atoms with Crippen molar-refractivity contribution in [3.8, 4) is 17.0 Å². The number of imidazole rings is 1. The lowest BCUT2D eigenvalue weighted by Gasteiger charge is -2.23. The summed E-state index contributed by atoms with van der Waals surface area (Å²) in [5.74, 6) is 1.91. The molecule has 0 aliphatic heterocycles. The van der Waals surface area contributed by atoms with Gasteiger partial charge < -0.3 is 9.30 Å². The molecule has 0 aliphatic carbocycles. The SMILES string of the molecule is COc1ccc(-c2c(Br)nc(C)n2C)cc1C(C)(C)C. The highest BCUT2D eigenvalue weighted by Gasteiger charge is 2.21. The molecule has 4 heteroatoms. The quantitative estimate of drug-likeness (QED) is 0.809. The molecular formula is C16H21BrN2O. The summed E-state index contributed by atoms with van der Waals surface area (Å²) in [7, 11) is 3.75. The van der Waals surface area contributed by atoms with E-state index in [0.717, 1.165) is 27.4 Å². The van der Waals surface area contributed by atoms with Gasteiger partial charge in [-0.1, -0.05) is 20.8 Å². The second kappa shape index (κ2) is 5.24. The van der Waals surface area contributed by atoms with Gasteiger partial charge in [0.15, 0.2) is 0 Å². The molecule has 0 N–H and O–H groups in total. The number of aryl methyl sites for hydroxylation is 1. The molecule has 0 radical (unpaired) electrons. The third kappa shape index (κ3) is 2.62. The first kappa shape index (κ1) is 15.1. The molecule has 2 rings (SSSR count). The van der Waals surface area contributed by atoms with Crippen molar-refractivity contribution < 1.29 is 4.74 Å². The van der Waals surface area contributed by atoms with Crippen LogP contribution in [0.3, 0.4) is 0 Å². The summed E-state index contributed by atoms with van der Waals surface area (Å²) >= 11 is 3.55. The van der Waals surface area contributed by atoms with Crippen LogP contribution in [0.25, 0.3) is 11.3 Å². The van der Waals surface area contributed by atoms with Gasteiger partial charge in [0.05, 0.1) is 12.8 Å². The van der Waals surface area contributed by atoms with E-state index in [9.17, 15) is 0 Å². The van der Waals surface area contributed by atoms with Gasteiger partial charge in [-0.25, -0.2) is 4.98 Å². The number of benzene rings is 1. The van der Waals surface area contributed by atoms with E-state index >= 15 is 0 Å². The molecule has 0 spiro atoms. The van der Waals surface area contributed by atoms with Gasteiger partial charge in [0.2, 0.25) is 0 Å². The van der Waals surface area contributed by atoms with Crippen LogP contribution in [0.2, 0.25) is 0 Å².